The summed E-state index contributed by atoms with van der Waals surface area (Å²) in [7, 11) is 1.54. The molecule has 0 heterocycles. The second kappa shape index (κ2) is 12.5. The minimum Gasteiger partial charge on any atom is -0.497 e. The molecule has 0 bridgehead atoms. The number of nitrogens with one attached hydrogen (secondary N) is 3. The van der Waals surface area contributed by atoms with E-state index in [9.17, 15) is 14.4 Å². The molecule has 0 saturated carbocycles. The molecular weight excluding hydrogens is 422 g/mol. The predicted molar refractivity (Wildman–Crippen MR) is 127 cm³/mol. The van der Waals surface area contributed by atoms with Gasteiger partial charge in [0.15, 0.2) is 0 Å². The lowest BCUT2D eigenvalue weighted by molar-refractivity contribution is -0.151. The van der Waals surface area contributed by atoms with Gasteiger partial charge in [-0.25, -0.2) is 9.59 Å². The first kappa shape index (κ1) is 25.7. The third kappa shape index (κ3) is 8.48. The fourth-order valence-electron chi connectivity index (χ4n) is 3.16. The molecule has 0 spiro atoms. The summed E-state index contributed by atoms with van der Waals surface area (Å²) in [5.74, 6) is -0.615. The number of urea groups is 1. The number of anilines is 1. The Hall–Kier alpha value is -3.55. The highest BCUT2D eigenvalue weighted by atomic mass is 16.5. The van der Waals surface area contributed by atoms with E-state index in [1.54, 1.807) is 38.1 Å². The van der Waals surface area contributed by atoms with Crippen LogP contribution in [0.4, 0.5) is 10.5 Å². The van der Waals surface area contributed by atoms with Crippen molar-refractivity contribution in [1.29, 1.82) is 0 Å². The molecule has 2 aromatic carbocycles. The van der Waals surface area contributed by atoms with Crippen LogP contribution in [0.25, 0.3) is 0 Å². The van der Waals surface area contributed by atoms with Crippen LogP contribution in [0.5, 0.6) is 5.75 Å². The minimum absolute atomic E-state index is 0.223. The average molecular weight is 456 g/mol. The zero-order chi connectivity index (χ0) is 24.4. The van der Waals surface area contributed by atoms with Crippen molar-refractivity contribution in [2.75, 3.05) is 12.4 Å². The van der Waals surface area contributed by atoms with Gasteiger partial charge < -0.3 is 25.4 Å². The number of esters is 1. The molecule has 0 aliphatic heterocycles. The van der Waals surface area contributed by atoms with Crippen LogP contribution < -0.4 is 20.7 Å². The van der Waals surface area contributed by atoms with E-state index in [1.165, 1.54) is 7.11 Å². The van der Waals surface area contributed by atoms with Crippen molar-refractivity contribution in [2.45, 2.75) is 52.3 Å². The van der Waals surface area contributed by atoms with Crippen LogP contribution in [0.15, 0.2) is 54.6 Å². The van der Waals surface area contributed by atoms with E-state index in [4.69, 9.17) is 9.47 Å². The molecule has 0 aliphatic rings. The van der Waals surface area contributed by atoms with Gasteiger partial charge in [0, 0.05) is 18.2 Å². The summed E-state index contributed by atoms with van der Waals surface area (Å²) in [6.07, 6.45) is -0.0424. The van der Waals surface area contributed by atoms with E-state index in [-0.39, 0.29) is 18.4 Å². The highest BCUT2D eigenvalue weighted by Gasteiger charge is 2.30. The molecule has 0 fully saturated rings. The Labute approximate surface area is 195 Å². The van der Waals surface area contributed by atoms with Gasteiger partial charge in [-0.05, 0) is 37.5 Å². The summed E-state index contributed by atoms with van der Waals surface area (Å²) in [5, 5.41) is 8.16. The third-order valence-corrected chi connectivity index (χ3v) is 4.80. The zero-order valence-corrected chi connectivity index (χ0v) is 19.8. The fraction of sp³-hybridized carbons (Fsp3) is 0.400. The van der Waals surface area contributed by atoms with Crippen LogP contribution in [-0.4, -0.2) is 43.2 Å². The molecule has 2 rings (SSSR count). The largest absolute Gasteiger partial charge is 0.497 e. The van der Waals surface area contributed by atoms with Gasteiger partial charge >= 0.3 is 12.0 Å². The maximum absolute atomic E-state index is 13.1. The van der Waals surface area contributed by atoms with Crippen LogP contribution in [-0.2, 0) is 20.7 Å². The summed E-state index contributed by atoms with van der Waals surface area (Å²) in [4.78, 5) is 38.3. The van der Waals surface area contributed by atoms with Gasteiger partial charge in [-0.15, -0.1) is 0 Å². The van der Waals surface area contributed by atoms with Crippen molar-refractivity contribution in [1.82, 2.24) is 10.6 Å². The van der Waals surface area contributed by atoms with Crippen molar-refractivity contribution in [3.63, 3.8) is 0 Å². The first-order valence-electron chi connectivity index (χ1n) is 11.0. The van der Waals surface area contributed by atoms with E-state index < -0.39 is 30.0 Å². The van der Waals surface area contributed by atoms with Gasteiger partial charge in [0.1, 0.15) is 17.8 Å². The van der Waals surface area contributed by atoms with Crippen molar-refractivity contribution in [3.05, 3.63) is 60.2 Å². The number of amides is 3. The second-order valence-electron chi connectivity index (χ2n) is 8.29. The first-order chi connectivity index (χ1) is 15.7. The predicted octanol–water partition coefficient (Wildman–Crippen LogP) is 3.52. The lowest BCUT2D eigenvalue weighted by Gasteiger charge is -2.25. The number of hydrogen-bond acceptors (Lipinski definition) is 5. The van der Waals surface area contributed by atoms with E-state index in [1.807, 2.05) is 44.2 Å². The number of carbonyl (C=O) groups excluding carboxylic acids is 3. The molecule has 2 atom stereocenters. The molecular formula is C25H33N3O5. The number of methoxy groups -OCH3 is 1. The van der Waals surface area contributed by atoms with E-state index in [0.29, 0.717) is 11.4 Å². The first-order valence-corrected chi connectivity index (χ1v) is 11.0. The summed E-state index contributed by atoms with van der Waals surface area (Å²) >= 11 is 0. The van der Waals surface area contributed by atoms with Gasteiger partial charge in [0.25, 0.3) is 0 Å². The Morgan fingerprint density at radius 1 is 0.909 bits per heavy atom. The van der Waals surface area contributed by atoms with Crippen molar-refractivity contribution in [3.8, 4) is 5.75 Å². The fourth-order valence-corrected chi connectivity index (χ4v) is 3.16. The SMILES string of the molecule is COc1cccc(NC(=O)NC(C(=O)NC(Cc2ccccc2)C(=O)OC(C)C)C(C)C)c1. The van der Waals surface area contributed by atoms with E-state index >= 15 is 0 Å². The smallest absolute Gasteiger partial charge is 0.329 e. The Bertz CT molecular complexity index is 931. The number of benzene rings is 2. The Morgan fingerprint density at radius 3 is 2.21 bits per heavy atom. The Balaban J connectivity index is 2.10. The standard InChI is InChI=1S/C25H33N3O5/c1-16(2)22(28-25(31)26-19-12-9-13-20(15-19)32-5)23(29)27-21(24(30)33-17(3)4)14-18-10-7-6-8-11-18/h6-13,15-17,21-22H,14H2,1-5H3,(H,27,29)(H2,26,28,31). The molecule has 178 valence electrons. The van der Waals surface area contributed by atoms with Gasteiger partial charge in [0.2, 0.25) is 5.91 Å². The number of hydrogen-bond donors (Lipinski definition) is 3. The average Bonchev–Trinajstić information content (AvgIpc) is 2.77. The van der Waals surface area contributed by atoms with Crippen molar-refractivity contribution < 1.29 is 23.9 Å². The highest BCUT2D eigenvalue weighted by molar-refractivity contribution is 5.95. The summed E-state index contributed by atoms with van der Waals surface area (Å²) in [5.41, 5.74) is 1.41. The van der Waals surface area contributed by atoms with Gasteiger partial charge in [0.05, 0.1) is 13.2 Å². The molecule has 0 aliphatic carbocycles. The van der Waals surface area contributed by atoms with Crippen LogP contribution in [0, 0.1) is 5.92 Å². The molecule has 8 heteroatoms. The molecule has 2 unspecified atom stereocenters. The van der Waals surface area contributed by atoms with Crippen LogP contribution in [0.2, 0.25) is 0 Å². The summed E-state index contributed by atoms with van der Waals surface area (Å²) in [6.45, 7) is 7.13. The third-order valence-electron chi connectivity index (χ3n) is 4.80. The monoisotopic (exact) mass is 455 g/mol. The lowest BCUT2D eigenvalue weighted by Crippen LogP contribution is -2.55. The number of ether oxygens (including phenoxy) is 2. The normalized spacial score (nSPS) is 12.6. The Kier molecular flexibility index (Phi) is 9.72. The quantitative estimate of drug-likeness (QED) is 0.476. The molecule has 3 amide bonds. The molecule has 33 heavy (non-hydrogen) atoms. The van der Waals surface area contributed by atoms with Gasteiger partial charge in [-0.2, -0.15) is 0 Å². The molecule has 3 N–H and O–H groups in total. The summed E-state index contributed by atoms with van der Waals surface area (Å²) in [6, 6.07) is 14.0. The second-order valence-corrected chi connectivity index (χ2v) is 8.29. The molecule has 8 nitrogen and oxygen atoms in total. The van der Waals surface area contributed by atoms with Crippen molar-refractivity contribution in [2.24, 2.45) is 5.92 Å². The molecule has 2 aromatic rings. The number of carbonyl (C=O) groups is 3. The number of rotatable bonds is 10. The van der Waals surface area contributed by atoms with Crippen molar-refractivity contribution >= 4 is 23.6 Å². The lowest BCUT2D eigenvalue weighted by atomic mass is 10.0. The van der Waals surface area contributed by atoms with Crippen LogP contribution >= 0.6 is 0 Å². The minimum atomic E-state index is -0.883. The van der Waals surface area contributed by atoms with Gasteiger partial charge in [-0.1, -0.05) is 50.2 Å². The van der Waals surface area contributed by atoms with Crippen LogP contribution in [0.1, 0.15) is 33.3 Å². The zero-order valence-electron chi connectivity index (χ0n) is 19.8. The topological polar surface area (TPSA) is 106 Å². The molecule has 0 aromatic heterocycles. The highest BCUT2D eigenvalue weighted by Crippen LogP contribution is 2.16. The maximum Gasteiger partial charge on any atom is 0.329 e. The van der Waals surface area contributed by atoms with Gasteiger partial charge in [-0.3, -0.25) is 4.79 Å². The molecule has 0 radical (unpaired) electrons. The summed E-state index contributed by atoms with van der Waals surface area (Å²) < 4.78 is 10.5. The molecule has 0 saturated heterocycles. The maximum atomic E-state index is 13.1. The van der Waals surface area contributed by atoms with Crippen LogP contribution in [0.3, 0.4) is 0 Å². The Morgan fingerprint density at radius 2 is 1.61 bits per heavy atom. The van der Waals surface area contributed by atoms with E-state index in [0.717, 1.165) is 5.56 Å². The van der Waals surface area contributed by atoms with E-state index in [2.05, 4.69) is 16.0 Å².